The van der Waals surface area contributed by atoms with E-state index in [1.54, 1.807) is 6.20 Å². The van der Waals surface area contributed by atoms with Crippen molar-refractivity contribution >= 4 is 0 Å². The van der Waals surface area contributed by atoms with Crippen molar-refractivity contribution < 1.29 is 0 Å². The summed E-state index contributed by atoms with van der Waals surface area (Å²) in [4.78, 5) is 4.01. The second kappa shape index (κ2) is 4.64. The van der Waals surface area contributed by atoms with Crippen molar-refractivity contribution in [3.8, 4) is 12.3 Å². The standard InChI is InChI=1S/C11H14N2/c1-3-4-5-11(12)10-6-7-13-8-9(10)2/h1,6-8,11H,4-5,12H2,2H3. The van der Waals surface area contributed by atoms with Gasteiger partial charge in [0.2, 0.25) is 0 Å². The molecule has 1 rings (SSSR count). The number of terminal acetylenes is 1. The van der Waals surface area contributed by atoms with Crippen LogP contribution in [0.3, 0.4) is 0 Å². The Morgan fingerprint density at radius 3 is 3.08 bits per heavy atom. The molecule has 0 amide bonds. The predicted octanol–water partition coefficient (Wildman–Crippen LogP) is 1.80. The van der Waals surface area contributed by atoms with Gasteiger partial charge in [-0.15, -0.1) is 12.3 Å². The molecule has 2 heteroatoms. The summed E-state index contributed by atoms with van der Waals surface area (Å²) < 4.78 is 0. The van der Waals surface area contributed by atoms with Gasteiger partial charge in [-0.2, -0.15) is 0 Å². The highest BCUT2D eigenvalue weighted by atomic mass is 14.7. The maximum absolute atomic E-state index is 5.96. The molecule has 0 aliphatic carbocycles. The van der Waals surface area contributed by atoms with Crippen LogP contribution in [0.4, 0.5) is 0 Å². The van der Waals surface area contributed by atoms with Gasteiger partial charge in [0.1, 0.15) is 0 Å². The van der Waals surface area contributed by atoms with Crippen molar-refractivity contribution in [2.45, 2.75) is 25.8 Å². The van der Waals surface area contributed by atoms with E-state index in [-0.39, 0.29) is 6.04 Å². The SMILES string of the molecule is C#CCCC(N)c1ccncc1C. The van der Waals surface area contributed by atoms with Crippen molar-refractivity contribution in [2.75, 3.05) is 0 Å². The summed E-state index contributed by atoms with van der Waals surface area (Å²) >= 11 is 0. The summed E-state index contributed by atoms with van der Waals surface area (Å²) in [5, 5.41) is 0. The number of rotatable bonds is 3. The molecule has 2 N–H and O–H groups in total. The Bertz CT molecular complexity index is 312. The Morgan fingerprint density at radius 2 is 2.46 bits per heavy atom. The Morgan fingerprint density at radius 1 is 1.69 bits per heavy atom. The third-order valence-electron chi connectivity index (χ3n) is 2.06. The van der Waals surface area contributed by atoms with Crippen molar-refractivity contribution in [1.29, 1.82) is 0 Å². The monoisotopic (exact) mass is 174 g/mol. The number of aromatic nitrogens is 1. The quantitative estimate of drug-likeness (QED) is 0.710. The summed E-state index contributed by atoms with van der Waals surface area (Å²) in [5.74, 6) is 2.59. The molecule has 1 atom stereocenters. The highest BCUT2D eigenvalue weighted by molar-refractivity contribution is 5.24. The van der Waals surface area contributed by atoms with E-state index in [4.69, 9.17) is 12.2 Å². The smallest absolute Gasteiger partial charge is 0.0307 e. The molecule has 0 aliphatic heterocycles. The lowest BCUT2D eigenvalue weighted by atomic mass is 10.0. The van der Waals surface area contributed by atoms with Crippen LogP contribution < -0.4 is 5.73 Å². The van der Waals surface area contributed by atoms with Gasteiger partial charge < -0.3 is 5.73 Å². The largest absolute Gasteiger partial charge is 0.324 e. The first kappa shape index (κ1) is 9.76. The van der Waals surface area contributed by atoms with Crippen LogP contribution in [-0.4, -0.2) is 4.98 Å². The van der Waals surface area contributed by atoms with Gasteiger partial charge in [0.05, 0.1) is 0 Å². The number of hydrogen-bond donors (Lipinski definition) is 1. The molecule has 0 fully saturated rings. The molecule has 1 heterocycles. The van der Waals surface area contributed by atoms with Gasteiger partial charge in [-0.3, -0.25) is 4.98 Å². The van der Waals surface area contributed by atoms with Gasteiger partial charge >= 0.3 is 0 Å². The first-order chi connectivity index (χ1) is 6.25. The Balaban J connectivity index is 2.72. The fraction of sp³-hybridized carbons (Fsp3) is 0.364. The minimum Gasteiger partial charge on any atom is -0.324 e. The zero-order chi connectivity index (χ0) is 9.68. The summed E-state index contributed by atoms with van der Waals surface area (Å²) in [7, 11) is 0. The van der Waals surface area contributed by atoms with Gasteiger partial charge in [0.25, 0.3) is 0 Å². The lowest BCUT2D eigenvalue weighted by Gasteiger charge is -2.12. The summed E-state index contributed by atoms with van der Waals surface area (Å²) in [6, 6.07) is 2.00. The molecule has 0 spiro atoms. The average Bonchev–Trinajstić information content (AvgIpc) is 2.15. The third-order valence-corrected chi connectivity index (χ3v) is 2.06. The molecule has 68 valence electrons. The molecule has 2 nitrogen and oxygen atoms in total. The van der Waals surface area contributed by atoms with Crippen LogP contribution in [0.1, 0.15) is 30.0 Å². The molecule has 0 radical (unpaired) electrons. The Kier molecular flexibility index (Phi) is 3.48. The van der Waals surface area contributed by atoms with Crippen LogP contribution in [0, 0.1) is 19.3 Å². The fourth-order valence-electron chi connectivity index (χ4n) is 1.29. The van der Waals surface area contributed by atoms with E-state index in [1.807, 2.05) is 19.2 Å². The van der Waals surface area contributed by atoms with E-state index in [1.165, 1.54) is 0 Å². The van der Waals surface area contributed by atoms with Crippen LogP contribution in [0.2, 0.25) is 0 Å². The molecule has 0 saturated heterocycles. The average molecular weight is 174 g/mol. The topological polar surface area (TPSA) is 38.9 Å². The highest BCUT2D eigenvalue weighted by Gasteiger charge is 2.06. The molecule has 1 unspecified atom stereocenters. The number of pyridine rings is 1. The van der Waals surface area contributed by atoms with E-state index in [0.717, 1.165) is 24.0 Å². The van der Waals surface area contributed by atoms with Gasteiger partial charge in [-0.05, 0) is 30.5 Å². The van der Waals surface area contributed by atoms with Crippen LogP contribution in [0.15, 0.2) is 18.5 Å². The van der Waals surface area contributed by atoms with Crippen molar-refractivity contribution in [3.05, 3.63) is 29.6 Å². The van der Waals surface area contributed by atoms with Crippen LogP contribution in [-0.2, 0) is 0 Å². The molecular weight excluding hydrogens is 160 g/mol. The minimum absolute atomic E-state index is 0.0408. The summed E-state index contributed by atoms with van der Waals surface area (Å²) in [6.45, 7) is 2.01. The van der Waals surface area contributed by atoms with Gasteiger partial charge in [-0.1, -0.05) is 0 Å². The van der Waals surface area contributed by atoms with Gasteiger partial charge in [0, 0.05) is 24.9 Å². The molecular formula is C11H14N2. The Hall–Kier alpha value is -1.33. The fourth-order valence-corrected chi connectivity index (χ4v) is 1.29. The van der Waals surface area contributed by atoms with Crippen molar-refractivity contribution in [3.63, 3.8) is 0 Å². The summed E-state index contributed by atoms with van der Waals surface area (Å²) in [6.07, 6.45) is 10.3. The first-order valence-electron chi connectivity index (χ1n) is 4.35. The van der Waals surface area contributed by atoms with E-state index >= 15 is 0 Å². The number of nitrogens with two attached hydrogens (primary N) is 1. The number of nitrogens with zero attached hydrogens (tertiary/aromatic N) is 1. The van der Waals surface area contributed by atoms with Crippen LogP contribution >= 0.6 is 0 Å². The van der Waals surface area contributed by atoms with E-state index in [2.05, 4.69) is 10.9 Å². The lowest BCUT2D eigenvalue weighted by molar-refractivity contribution is 0.662. The Labute approximate surface area is 79.2 Å². The molecule has 0 aliphatic rings. The molecule has 0 bridgehead atoms. The molecule has 1 aromatic rings. The van der Waals surface area contributed by atoms with Crippen LogP contribution in [0.5, 0.6) is 0 Å². The first-order valence-corrected chi connectivity index (χ1v) is 4.35. The zero-order valence-electron chi connectivity index (χ0n) is 7.83. The minimum atomic E-state index is 0.0408. The third kappa shape index (κ3) is 2.57. The second-order valence-electron chi connectivity index (χ2n) is 3.08. The van der Waals surface area contributed by atoms with E-state index < -0.39 is 0 Å². The number of hydrogen-bond acceptors (Lipinski definition) is 2. The summed E-state index contributed by atoms with van der Waals surface area (Å²) in [5.41, 5.74) is 8.23. The normalized spacial score (nSPS) is 12.1. The molecule has 0 aromatic carbocycles. The van der Waals surface area contributed by atoms with E-state index in [0.29, 0.717) is 0 Å². The lowest BCUT2D eigenvalue weighted by Crippen LogP contribution is -2.11. The van der Waals surface area contributed by atoms with Gasteiger partial charge in [0.15, 0.2) is 0 Å². The van der Waals surface area contributed by atoms with Crippen molar-refractivity contribution in [2.24, 2.45) is 5.73 Å². The molecule has 1 aromatic heterocycles. The van der Waals surface area contributed by atoms with E-state index in [9.17, 15) is 0 Å². The van der Waals surface area contributed by atoms with Gasteiger partial charge in [-0.25, -0.2) is 0 Å². The molecule has 0 saturated carbocycles. The highest BCUT2D eigenvalue weighted by Crippen LogP contribution is 2.17. The maximum atomic E-state index is 5.96. The number of aryl methyl sites for hydroxylation is 1. The molecule has 13 heavy (non-hydrogen) atoms. The van der Waals surface area contributed by atoms with Crippen molar-refractivity contribution in [1.82, 2.24) is 4.98 Å². The maximum Gasteiger partial charge on any atom is 0.0307 e. The second-order valence-corrected chi connectivity index (χ2v) is 3.08. The zero-order valence-corrected chi connectivity index (χ0v) is 7.83. The van der Waals surface area contributed by atoms with Crippen LogP contribution in [0.25, 0.3) is 0 Å². The predicted molar refractivity (Wildman–Crippen MR) is 54.0 cm³/mol.